The third kappa shape index (κ3) is 2.31. The third-order valence-corrected chi connectivity index (χ3v) is 3.41. The summed E-state index contributed by atoms with van der Waals surface area (Å²) >= 11 is 6.07. The van der Waals surface area contributed by atoms with E-state index in [1.165, 1.54) is 22.3 Å². The Hall–Kier alpha value is -0.790. The first-order valence-electron chi connectivity index (χ1n) is 5.70. The lowest BCUT2D eigenvalue weighted by Crippen LogP contribution is -2.13. The van der Waals surface area contributed by atoms with Crippen LogP contribution in [0.5, 0.6) is 0 Å². The van der Waals surface area contributed by atoms with Gasteiger partial charge in [0, 0.05) is 11.6 Å². The van der Waals surface area contributed by atoms with Crippen LogP contribution in [-0.2, 0) is 6.42 Å². The molecule has 0 spiro atoms. The zero-order valence-electron chi connectivity index (χ0n) is 10.2. The smallest absolute Gasteiger partial charge is 0.0412 e. The van der Waals surface area contributed by atoms with Gasteiger partial charge >= 0.3 is 0 Å². The maximum Gasteiger partial charge on any atom is 0.0412 e. The molecule has 2 heteroatoms. The number of hydrogen-bond donors (Lipinski definition) is 0. The normalized spacial score (nSPS) is 14.8. The van der Waals surface area contributed by atoms with Gasteiger partial charge in [-0.1, -0.05) is 23.2 Å². The van der Waals surface area contributed by atoms with Gasteiger partial charge in [-0.3, -0.25) is 0 Å². The molecule has 0 fully saturated rings. The predicted molar refractivity (Wildman–Crippen MR) is 70.9 cm³/mol. The van der Waals surface area contributed by atoms with Crippen molar-refractivity contribution in [1.82, 2.24) is 4.90 Å². The molecular weight excluding hydrogens is 218 g/mol. The molecule has 86 valence electrons. The van der Waals surface area contributed by atoms with Crippen molar-refractivity contribution in [3.8, 4) is 0 Å². The van der Waals surface area contributed by atoms with Gasteiger partial charge in [-0.25, -0.2) is 0 Å². The molecule has 0 N–H and O–H groups in total. The first-order chi connectivity index (χ1) is 7.58. The van der Waals surface area contributed by atoms with E-state index in [2.05, 4.69) is 38.1 Å². The van der Waals surface area contributed by atoms with Gasteiger partial charge in [0.15, 0.2) is 0 Å². The molecule has 1 aromatic rings. The molecule has 2 rings (SSSR count). The van der Waals surface area contributed by atoms with Gasteiger partial charge in [-0.15, -0.1) is 0 Å². The molecule has 0 unspecified atom stereocenters. The third-order valence-electron chi connectivity index (χ3n) is 3.18. The van der Waals surface area contributed by atoms with Gasteiger partial charge in [0.25, 0.3) is 0 Å². The molecule has 0 aromatic heterocycles. The van der Waals surface area contributed by atoms with Crippen LogP contribution in [0.15, 0.2) is 23.8 Å². The van der Waals surface area contributed by atoms with Crippen molar-refractivity contribution in [3.05, 3.63) is 39.9 Å². The van der Waals surface area contributed by atoms with Crippen molar-refractivity contribution in [2.45, 2.75) is 19.8 Å². The summed E-state index contributed by atoms with van der Waals surface area (Å²) in [5.74, 6) is 0. The molecular formula is C14H18ClN. The lowest BCUT2D eigenvalue weighted by molar-refractivity contribution is 0.419. The maximum absolute atomic E-state index is 6.07. The van der Waals surface area contributed by atoms with Crippen molar-refractivity contribution in [2.75, 3.05) is 20.6 Å². The van der Waals surface area contributed by atoms with E-state index in [-0.39, 0.29) is 0 Å². The highest BCUT2D eigenvalue weighted by Crippen LogP contribution is 2.36. The van der Waals surface area contributed by atoms with Crippen molar-refractivity contribution in [3.63, 3.8) is 0 Å². The lowest BCUT2D eigenvalue weighted by atomic mass is 10.0. The number of halogens is 1. The minimum Gasteiger partial charge on any atom is -0.309 e. The number of benzene rings is 1. The number of rotatable bonds is 3. The van der Waals surface area contributed by atoms with Gasteiger partial charge in [0.1, 0.15) is 0 Å². The summed E-state index contributed by atoms with van der Waals surface area (Å²) in [4.78, 5) is 2.23. The van der Waals surface area contributed by atoms with Crippen LogP contribution >= 0.6 is 11.6 Å². The van der Waals surface area contributed by atoms with Crippen LogP contribution in [0.25, 0.3) is 5.57 Å². The summed E-state index contributed by atoms with van der Waals surface area (Å²) in [6.07, 6.45) is 2.21. The minimum absolute atomic E-state index is 0.843. The van der Waals surface area contributed by atoms with Gasteiger partial charge in [-0.2, -0.15) is 0 Å². The number of allylic oxidation sites excluding steroid dienone is 1. The van der Waals surface area contributed by atoms with Crippen LogP contribution in [0.1, 0.15) is 24.5 Å². The number of nitrogens with zero attached hydrogens (tertiary/aromatic N) is 1. The van der Waals surface area contributed by atoms with Crippen LogP contribution in [0.4, 0.5) is 0 Å². The average molecular weight is 236 g/mol. The molecule has 1 aliphatic carbocycles. The standard InChI is InChI=1S/C14H18ClN/c1-10-8-11-4-5-12(15)9-14(11)13(10)6-7-16(2)3/h4-5,9H,6-8H2,1-3H3. The minimum atomic E-state index is 0.843. The Morgan fingerprint density at radius 1 is 1.31 bits per heavy atom. The Balaban J connectivity index is 2.26. The van der Waals surface area contributed by atoms with Crippen LogP contribution in [0, 0.1) is 0 Å². The van der Waals surface area contributed by atoms with E-state index >= 15 is 0 Å². The summed E-state index contributed by atoms with van der Waals surface area (Å²) < 4.78 is 0. The number of hydrogen-bond acceptors (Lipinski definition) is 1. The lowest BCUT2D eigenvalue weighted by Gasteiger charge is -2.12. The van der Waals surface area contributed by atoms with E-state index in [0.29, 0.717) is 0 Å². The second-order valence-corrected chi connectivity index (χ2v) is 5.23. The average Bonchev–Trinajstić information content (AvgIpc) is 2.51. The molecule has 0 saturated heterocycles. The van der Waals surface area contributed by atoms with E-state index in [4.69, 9.17) is 11.6 Å². The molecule has 0 bridgehead atoms. The van der Waals surface area contributed by atoms with Crippen LogP contribution in [0.3, 0.4) is 0 Å². The predicted octanol–water partition coefficient (Wildman–Crippen LogP) is 3.62. The van der Waals surface area contributed by atoms with E-state index in [0.717, 1.165) is 24.4 Å². The Bertz CT molecular complexity index is 432. The highest BCUT2D eigenvalue weighted by atomic mass is 35.5. The van der Waals surface area contributed by atoms with Crippen LogP contribution in [0.2, 0.25) is 5.02 Å². The van der Waals surface area contributed by atoms with E-state index in [1.807, 2.05) is 6.07 Å². The quantitative estimate of drug-likeness (QED) is 0.774. The molecule has 1 aliphatic rings. The van der Waals surface area contributed by atoms with Crippen molar-refractivity contribution in [2.24, 2.45) is 0 Å². The second-order valence-electron chi connectivity index (χ2n) is 4.79. The maximum atomic E-state index is 6.07. The van der Waals surface area contributed by atoms with Crippen LogP contribution < -0.4 is 0 Å². The zero-order valence-corrected chi connectivity index (χ0v) is 10.9. The molecule has 16 heavy (non-hydrogen) atoms. The molecule has 1 nitrogen and oxygen atoms in total. The van der Waals surface area contributed by atoms with Gasteiger partial charge < -0.3 is 4.90 Å². The van der Waals surface area contributed by atoms with Gasteiger partial charge in [0.2, 0.25) is 0 Å². The SMILES string of the molecule is CC1=C(CCN(C)C)c2cc(Cl)ccc2C1. The van der Waals surface area contributed by atoms with Crippen molar-refractivity contribution in [1.29, 1.82) is 0 Å². The fraction of sp³-hybridized carbons (Fsp3) is 0.429. The first kappa shape index (κ1) is 11.7. The summed E-state index contributed by atoms with van der Waals surface area (Å²) in [5, 5.41) is 0.843. The first-order valence-corrected chi connectivity index (χ1v) is 6.08. The fourth-order valence-electron chi connectivity index (χ4n) is 2.29. The fourth-order valence-corrected chi connectivity index (χ4v) is 2.46. The van der Waals surface area contributed by atoms with Crippen molar-refractivity contribution >= 4 is 17.2 Å². The molecule has 0 aliphatic heterocycles. The second kappa shape index (κ2) is 4.60. The highest BCUT2D eigenvalue weighted by Gasteiger charge is 2.18. The Labute approximate surface area is 103 Å². The molecule has 0 atom stereocenters. The molecule has 1 aromatic carbocycles. The summed E-state index contributed by atoms with van der Waals surface area (Å²) in [7, 11) is 4.23. The molecule has 0 heterocycles. The Morgan fingerprint density at radius 2 is 2.06 bits per heavy atom. The Morgan fingerprint density at radius 3 is 2.75 bits per heavy atom. The number of fused-ring (bicyclic) bond motifs is 1. The summed E-state index contributed by atoms with van der Waals surface area (Å²) in [6, 6.07) is 6.25. The molecule has 0 amide bonds. The molecule has 0 radical (unpaired) electrons. The summed E-state index contributed by atoms with van der Waals surface area (Å²) in [6.45, 7) is 3.33. The van der Waals surface area contributed by atoms with Gasteiger partial charge in [0.05, 0.1) is 0 Å². The van der Waals surface area contributed by atoms with Crippen LogP contribution in [-0.4, -0.2) is 25.5 Å². The van der Waals surface area contributed by atoms with Crippen molar-refractivity contribution < 1.29 is 0 Å². The summed E-state index contributed by atoms with van der Waals surface area (Å²) in [5.41, 5.74) is 5.79. The largest absolute Gasteiger partial charge is 0.309 e. The van der Waals surface area contributed by atoms with E-state index < -0.39 is 0 Å². The highest BCUT2D eigenvalue weighted by molar-refractivity contribution is 6.30. The van der Waals surface area contributed by atoms with E-state index in [9.17, 15) is 0 Å². The van der Waals surface area contributed by atoms with E-state index in [1.54, 1.807) is 0 Å². The monoisotopic (exact) mass is 235 g/mol. The van der Waals surface area contributed by atoms with Gasteiger partial charge in [-0.05, 0) is 62.7 Å². The topological polar surface area (TPSA) is 3.24 Å². The zero-order chi connectivity index (χ0) is 11.7. The Kier molecular flexibility index (Phi) is 3.36. The molecule has 0 saturated carbocycles.